The van der Waals surface area contributed by atoms with Gasteiger partial charge in [-0.25, -0.2) is 9.78 Å². The third kappa shape index (κ3) is 10.4. The molecular formula is C23H33N9O5. The number of aliphatic imine (C=N–C) groups is 1. The Morgan fingerprint density at radius 3 is 2.24 bits per heavy atom. The number of hydrogen-bond donors (Lipinski definition) is 8. The van der Waals surface area contributed by atoms with E-state index in [0.717, 1.165) is 5.56 Å². The maximum Gasteiger partial charge on any atom is 0.326 e. The molecule has 0 aliphatic rings. The number of aromatic nitrogens is 2. The fourth-order valence-corrected chi connectivity index (χ4v) is 3.45. The van der Waals surface area contributed by atoms with Crippen molar-refractivity contribution < 1.29 is 24.3 Å². The van der Waals surface area contributed by atoms with Gasteiger partial charge in [0.15, 0.2) is 5.96 Å². The lowest BCUT2D eigenvalue weighted by molar-refractivity contribution is -0.142. The minimum Gasteiger partial charge on any atom is -0.480 e. The number of imidazole rings is 1. The topological polar surface area (TPSA) is 244 Å². The molecule has 14 nitrogen and oxygen atoms in total. The van der Waals surface area contributed by atoms with E-state index in [1.165, 1.54) is 12.5 Å². The highest BCUT2D eigenvalue weighted by atomic mass is 16.4. The van der Waals surface area contributed by atoms with Crippen LogP contribution in [0.4, 0.5) is 0 Å². The molecule has 0 aliphatic heterocycles. The average Bonchev–Trinajstić information content (AvgIpc) is 3.38. The van der Waals surface area contributed by atoms with Crippen LogP contribution >= 0.6 is 0 Å². The Labute approximate surface area is 213 Å². The highest BCUT2D eigenvalue weighted by molar-refractivity contribution is 5.93. The van der Waals surface area contributed by atoms with Crippen LogP contribution in [0.2, 0.25) is 0 Å². The Morgan fingerprint density at radius 2 is 1.65 bits per heavy atom. The Balaban J connectivity index is 2.19. The highest BCUT2D eigenvalue weighted by Crippen LogP contribution is 2.07. The molecule has 200 valence electrons. The first-order chi connectivity index (χ1) is 17.7. The van der Waals surface area contributed by atoms with Crippen molar-refractivity contribution >= 4 is 29.7 Å². The maximum atomic E-state index is 13.2. The number of nitrogens with one attached hydrogen (secondary N) is 4. The number of carboxylic acid groups (broad SMARTS) is 1. The van der Waals surface area contributed by atoms with Gasteiger partial charge in [0.25, 0.3) is 0 Å². The first-order valence-corrected chi connectivity index (χ1v) is 11.6. The summed E-state index contributed by atoms with van der Waals surface area (Å²) in [5.74, 6) is -3.25. The highest BCUT2D eigenvalue weighted by Gasteiger charge is 2.30. The number of amides is 3. The molecule has 37 heavy (non-hydrogen) atoms. The molecule has 0 aliphatic carbocycles. The van der Waals surface area contributed by atoms with E-state index in [-0.39, 0.29) is 38.3 Å². The number of aromatic amines is 1. The Hall–Kier alpha value is -4.46. The summed E-state index contributed by atoms with van der Waals surface area (Å²) in [6.07, 6.45) is 3.44. The SMILES string of the molecule is NCC(=O)NC(CCCN=C(N)N)C(=O)NC(Cc1ccccc1)C(=O)NC(Cc1cnc[nH]1)C(=O)O. The van der Waals surface area contributed by atoms with Crippen molar-refractivity contribution in [1.29, 1.82) is 0 Å². The number of carboxylic acids is 1. The number of guanidine groups is 1. The number of H-pyrrole nitrogens is 1. The maximum absolute atomic E-state index is 13.2. The van der Waals surface area contributed by atoms with Crippen LogP contribution in [-0.2, 0) is 32.0 Å². The average molecular weight is 516 g/mol. The van der Waals surface area contributed by atoms with Gasteiger partial charge in [0.1, 0.15) is 18.1 Å². The zero-order chi connectivity index (χ0) is 27.2. The Kier molecular flexibility index (Phi) is 11.5. The van der Waals surface area contributed by atoms with Crippen LogP contribution < -0.4 is 33.2 Å². The van der Waals surface area contributed by atoms with Gasteiger partial charge in [-0.3, -0.25) is 19.4 Å². The van der Waals surface area contributed by atoms with Gasteiger partial charge < -0.3 is 43.2 Å². The van der Waals surface area contributed by atoms with Crippen molar-refractivity contribution in [2.75, 3.05) is 13.1 Å². The van der Waals surface area contributed by atoms with Crippen LogP contribution in [0.1, 0.15) is 24.1 Å². The molecule has 1 aromatic heterocycles. The second-order valence-corrected chi connectivity index (χ2v) is 8.20. The standard InChI is InChI=1S/C23H33N9O5/c24-11-19(33)30-16(7-4-8-28-23(25)26)20(34)31-17(9-14-5-2-1-3-6-14)21(35)32-18(22(36)37)10-15-12-27-13-29-15/h1-3,5-6,12-13,16-18H,4,7-11,24H2,(H,27,29)(H,30,33)(H,31,34)(H,32,35)(H,36,37)(H4,25,26,28). The van der Waals surface area contributed by atoms with E-state index >= 15 is 0 Å². The molecule has 0 spiro atoms. The fraction of sp³-hybridized carbons (Fsp3) is 0.391. The Bertz CT molecular complexity index is 1060. The van der Waals surface area contributed by atoms with Crippen molar-refractivity contribution in [2.24, 2.45) is 22.2 Å². The normalized spacial score (nSPS) is 13.0. The number of aliphatic carboxylic acids is 1. The van der Waals surface area contributed by atoms with E-state index in [1.54, 1.807) is 30.3 Å². The number of benzene rings is 1. The number of nitrogens with two attached hydrogens (primary N) is 3. The van der Waals surface area contributed by atoms with Gasteiger partial charge in [-0.05, 0) is 18.4 Å². The summed E-state index contributed by atoms with van der Waals surface area (Å²) < 4.78 is 0. The van der Waals surface area contributed by atoms with E-state index in [2.05, 4.69) is 30.9 Å². The summed E-state index contributed by atoms with van der Waals surface area (Å²) >= 11 is 0. The smallest absolute Gasteiger partial charge is 0.326 e. The summed E-state index contributed by atoms with van der Waals surface area (Å²) in [5.41, 5.74) is 17.3. The summed E-state index contributed by atoms with van der Waals surface area (Å²) in [5, 5.41) is 17.3. The van der Waals surface area contributed by atoms with E-state index in [1.807, 2.05) is 0 Å². The molecule has 1 aromatic carbocycles. The van der Waals surface area contributed by atoms with Gasteiger partial charge in [-0.2, -0.15) is 0 Å². The van der Waals surface area contributed by atoms with Crippen molar-refractivity contribution in [3.8, 4) is 0 Å². The van der Waals surface area contributed by atoms with Crippen LogP contribution in [0.25, 0.3) is 0 Å². The van der Waals surface area contributed by atoms with Crippen molar-refractivity contribution in [2.45, 2.75) is 43.8 Å². The second-order valence-electron chi connectivity index (χ2n) is 8.20. The lowest BCUT2D eigenvalue weighted by Crippen LogP contribution is -2.57. The van der Waals surface area contributed by atoms with Gasteiger partial charge in [0, 0.05) is 31.3 Å². The first kappa shape index (κ1) is 28.8. The number of carbonyl (C=O) groups is 4. The monoisotopic (exact) mass is 515 g/mol. The minimum atomic E-state index is -1.27. The van der Waals surface area contributed by atoms with E-state index in [4.69, 9.17) is 17.2 Å². The molecule has 11 N–H and O–H groups in total. The summed E-state index contributed by atoms with van der Waals surface area (Å²) in [7, 11) is 0. The van der Waals surface area contributed by atoms with Crippen LogP contribution in [0.3, 0.4) is 0 Å². The molecule has 1 heterocycles. The third-order valence-corrected chi connectivity index (χ3v) is 5.29. The van der Waals surface area contributed by atoms with Gasteiger partial charge in [-0.1, -0.05) is 30.3 Å². The summed E-state index contributed by atoms with van der Waals surface area (Å²) in [4.78, 5) is 60.6. The van der Waals surface area contributed by atoms with Crippen molar-refractivity contribution in [3.63, 3.8) is 0 Å². The van der Waals surface area contributed by atoms with Crippen LogP contribution in [0, 0.1) is 0 Å². The fourth-order valence-electron chi connectivity index (χ4n) is 3.45. The largest absolute Gasteiger partial charge is 0.480 e. The molecule has 3 unspecified atom stereocenters. The number of nitrogens with zero attached hydrogens (tertiary/aromatic N) is 2. The Morgan fingerprint density at radius 1 is 0.973 bits per heavy atom. The van der Waals surface area contributed by atoms with Gasteiger partial charge in [0.05, 0.1) is 12.9 Å². The lowest BCUT2D eigenvalue weighted by Gasteiger charge is -2.24. The van der Waals surface area contributed by atoms with Gasteiger partial charge in [0.2, 0.25) is 17.7 Å². The molecule has 2 aromatic rings. The van der Waals surface area contributed by atoms with E-state index in [0.29, 0.717) is 12.1 Å². The number of hydrogen-bond acceptors (Lipinski definition) is 7. The number of rotatable bonds is 15. The molecule has 0 fully saturated rings. The first-order valence-electron chi connectivity index (χ1n) is 11.6. The van der Waals surface area contributed by atoms with Crippen LogP contribution in [0.5, 0.6) is 0 Å². The molecular weight excluding hydrogens is 482 g/mol. The predicted octanol–water partition coefficient (Wildman–Crippen LogP) is -2.25. The molecule has 0 radical (unpaired) electrons. The van der Waals surface area contributed by atoms with Gasteiger partial charge >= 0.3 is 5.97 Å². The van der Waals surface area contributed by atoms with Crippen LogP contribution in [0.15, 0.2) is 47.8 Å². The quantitative estimate of drug-likeness (QED) is 0.0724. The van der Waals surface area contributed by atoms with Gasteiger partial charge in [-0.15, -0.1) is 0 Å². The summed E-state index contributed by atoms with van der Waals surface area (Å²) in [6, 6.07) is 5.48. The lowest BCUT2D eigenvalue weighted by atomic mass is 10.0. The van der Waals surface area contributed by atoms with E-state index < -0.39 is 41.8 Å². The molecule has 14 heteroatoms. The molecule has 3 atom stereocenters. The molecule has 0 bridgehead atoms. The van der Waals surface area contributed by atoms with Crippen molar-refractivity contribution in [3.05, 3.63) is 54.1 Å². The molecule has 2 rings (SSSR count). The zero-order valence-electron chi connectivity index (χ0n) is 20.2. The number of carbonyl (C=O) groups excluding carboxylic acids is 3. The minimum absolute atomic E-state index is 0.0347. The zero-order valence-corrected chi connectivity index (χ0v) is 20.2. The summed E-state index contributed by atoms with van der Waals surface area (Å²) in [6.45, 7) is -0.105. The van der Waals surface area contributed by atoms with E-state index in [9.17, 15) is 24.3 Å². The van der Waals surface area contributed by atoms with Crippen LogP contribution in [-0.4, -0.2) is 75.9 Å². The second kappa shape index (κ2) is 14.8. The molecule has 0 saturated carbocycles. The third-order valence-electron chi connectivity index (χ3n) is 5.29. The van der Waals surface area contributed by atoms with Crippen molar-refractivity contribution in [1.82, 2.24) is 25.9 Å². The molecule has 0 saturated heterocycles. The molecule has 3 amide bonds. The predicted molar refractivity (Wildman–Crippen MR) is 135 cm³/mol.